The molecule has 0 bridgehead atoms. The van der Waals surface area contributed by atoms with Gasteiger partial charge in [-0.15, -0.1) is 0 Å². The van der Waals surface area contributed by atoms with E-state index in [-0.39, 0.29) is 18.1 Å². The number of nitrogens with one attached hydrogen (secondary N) is 1. The van der Waals surface area contributed by atoms with Gasteiger partial charge in [-0.2, -0.15) is 0 Å². The molecule has 0 amide bonds. The molecule has 0 aromatic rings. The highest BCUT2D eigenvalue weighted by Crippen LogP contribution is 2.29. The van der Waals surface area contributed by atoms with Gasteiger partial charge in [-0.05, 0) is 50.5 Å². The van der Waals surface area contributed by atoms with E-state index >= 15 is 0 Å². The van der Waals surface area contributed by atoms with E-state index in [1.54, 1.807) is 0 Å². The first kappa shape index (κ1) is 13.9. The van der Waals surface area contributed by atoms with E-state index < -0.39 is 0 Å². The highest BCUT2D eigenvalue weighted by molar-refractivity contribution is 5.76. The number of hydrogen-bond donors (Lipinski definition) is 1. The molecule has 4 unspecified atom stereocenters. The van der Waals surface area contributed by atoms with Gasteiger partial charge in [-0.25, -0.2) is 0 Å². The van der Waals surface area contributed by atoms with Crippen molar-refractivity contribution in [2.45, 2.75) is 70.9 Å². The second-order valence-corrected chi connectivity index (χ2v) is 6.14. The summed E-state index contributed by atoms with van der Waals surface area (Å²) in [5.74, 6) is 1.39. The standard InChI is InChI=1S/C15H27NO2/c1-3-12-5-4-6-13(10-12)18-15(17)14-9-11(2)7-8-16-14/h11-14,16H,3-10H2,1-2H3. The van der Waals surface area contributed by atoms with E-state index in [0.717, 1.165) is 31.7 Å². The van der Waals surface area contributed by atoms with E-state index in [4.69, 9.17) is 4.74 Å². The van der Waals surface area contributed by atoms with Crippen molar-refractivity contribution in [1.29, 1.82) is 0 Å². The smallest absolute Gasteiger partial charge is 0.323 e. The Labute approximate surface area is 111 Å². The molecule has 3 nitrogen and oxygen atoms in total. The van der Waals surface area contributed by atoms with Crippen LogP contribution in [0.25, 0.3) is 0 Å². The lowest BCUT2D eigenvalue weighted by Crippen LogP contribution is -2.45. The van der Waals surface area contributed by atoms with Crippen LogP contribution in [0.15, 0.2) is 0 Å². The molecule has 2 rings (SSSR count). The zero-order valence-electron chi connectivity index (χ0n) is 11.8. The largest absolute Gasteiger partial charge is 0.461 e. The summed E-state index contributed by atoms with van der Waals surface area (Å²) in [7, 11) is 0. The Bertz CT molecular complexity index is 280. The van der Waals surface area contributed by atoms with Crippen LogP contribution in [-0.2, 0) is 9.53 Å². The number of carbonyl (C=O) groups is 1. The van der Waals surface area contributed by atoms with E-state index in [1.165, 1.54) is 25.7 Å². The molecule has 0 aromatic heterocycles. The van der Waals surface area contributed by atoms with Gasteiger partial charge in [0.1, 0.15) is 12.1 Å². The molecule has 1 heterocycles. The lowest BCUT2D eigenvalue weighted by molar-refractivity contribution is -0.155. The molecule has 1 saturated carbocycles. The molecule has 1 saturated heterocycles. The van der Waals surface area contributed by atoms with Gasteiger partial charge in [0, 0.05) is 0 Å². The Morgan fingerprint density at radius 2 is 2.11 bits per heavy atom. The monoisotopic (exact) mass is 253 g/mol. The lowest BCUT2D eigenvalue weighted by atomic mass is 9.85. The maximum atomic E-state index is 12.1. The minimum atomic E-state index is -0.0595. The number of hydrogen-bond acceptors (Lipinski definition) is 3. The fraction of sp³-hybridized carbons (Fsp3) is 0.933. The number of esters is 1. The van der Waals surface area contributed by atoms with E-state index in [0.29, 0.717) is 5.92 Å². The van der Waals surface area contributed by atoms with Crippen molar-refractivity contribution >= 4 is 5.97 Å². The van der Waals surface area contributed by atoms with E-state index in [1.807, 2.05) is 0 Å². The van der Waals surface area contributed by atoms with Crippen LogP contribution in [0.4, 0.5) is 0 Å². The molecule has 1 aliphatic carbocycles. The first-order valence-corrected chi connectivity index (χ1v) is 7.63. The quantitative estimate of drug-likeness (QED) is 0.786. The van der Waals surface area contributed by atoms with E-state index in [9.17, 15) is 4.79 Å². The summed E-state index contributed by atoms with van der Waals surface area (Å²) >= 11 is 0. The van der Waals surface area contributed by atoms with Gasteiger partial charge in [-0.3, -0.25) is 4.79 Å². The van der Waals surface area contributed by atoms with Crippen LogP contribution in [0.5, 0.6) is 0 Å². The van der Waals surface area contributed by atoms with Crippen LogP contribution in [-0.4, -0.2) is 24.7 Å². The second-order valence-electron chi connectivity index (χ2n) is 6.14. The molecule has 18 heavy (non-hydrogen) atoms. The van der Waals surface area contributed by atoms with Crippen LogP contribution in [0, 0.1) is 11.8 Å². The first-order valence-electron chi connectivity index (χ1n) is 7.63. The molecule has 3 heteroatoms. The number of ether oxygens (including phenoxy) is 1. The summed E-state index contributed by atoms with van der Waals surface area (Å²) in [5, 5.41) is 3.29. The predicted octanol–water partition coefficient (Wildman–Crippen LogP) is 2.89. The molecule has 0 aromatic carbocycles. The van der Waals surface area contributed by atoms with Crippen molar-refractivity contribution in [2.24, 2.45) is 11.8 Å². The average Bonchev–Trinajstić information content (AvgIpc) is 2.39. The molecule has 1 aliphatic heterocycles. The summed E-state index contributed by atoms with van der Waals surface area (Å²) in [6, 6.07) is -0.0595. The van der Waals surface area contributed by atoms with Gasteiger partial charge in [0.05, 0.1) is 0 Å². The van der Waals surface area contributed by atoms with Crippen LogP contribution < -0.4 is 5.32 Å². The zero-order valence-corrected chi connectivity index (χ0v) is 11.8. The molecular weight excluding hydrogens is 226 g/mol. The second kappa shape index (κ2) is 6.55. The van der Waals surface area contributed by atoms with Crippen molar-refractivity contribution in [3.63, 3.8) is 0 Å². The third kappa shape index (κ3) is 3.71. The normalized spacial score (nSPS) is 37.2. The Morgan fingerprint density at radius 1 is 1.28 bits per heavy atom. The predicted molar refractivity (Wildman–Crippen MR) is 72.3 cm³/mol. The lowest BCUT2D eigenvalue weighted by Gasteiger charge is -2.31. The fourth-order valence-corrected chi connectivity index (χ4v) is 3.25. The molecule has 2 fully saturated rings. The Morgan fingerprint density at radius 3 is 2.83 bits per heavy atom. The topological polar surface area (TPSA) is 38.3 Å². The van der Waals surface area contributed by atoms with E-state index in [2.05, 4.69) is 19.2 Å². The molecule has 4 atom stereocenters. The Kier molecular flexibility index (Phi) is 5.04. The summed E-state index contributed by atoms with van der Waals surface area (Å²) in [6.07, 6.45) is 8.15. The highest BCUT2D eigenvalue weighted by Gasteiger charge is 2.29. The summed E-state index contributed by atoms with van der Waals surface area (Å²) in [4.78, 5) is 12.1. The Balaban J connectivity index is 1.79. The van der Waals surface area contributed by atoms with Crippen LogP contribution >= 0.6 is 0 Å². The molecule has 0 spiro atoms. The van der Waals surface area contributed by atoms with Crippen molar-refractivity contribution in [3.8, 4) is 0 Å². The van der Waals surface area contributed by atoms with Crippen molar-refractivity contribution in [1.82, 2.24) is 5.32 Å². The van der Waals surface area contributed by atoms with Gasteiger partial charge in [0.2, 0.25) is 0 Å². The van der Waals surface area contributed by atoms with Crippen LogP contribution in [0.3, 0.4) is 0 Å². The van der Waals surface area contributed by atoms with Crippen molar-refractivity contribution < 1.29 is 9.53 Å². The SMILES string of the molecule is CCC1CCCC(OC(=O)C2CC(C)CCN2)C1. The summed E-state index contributed by atoms with van der Waals surface area (Å²) < 4.78 is 5.71. The summed E-state index contributed by atoms with van der Waals surface area (Å²) in [5.41, 5.74) is 0. The van der Waals surface area contributed by atoms with Gasteiger partial charge in [-0.1, -0.05) is 26.7 Å². The highest BCUT2D eigenvalue weighted by atomic mass is 16.5. The first-order chi connectivity index (χ1) is 8.69. The number of piperidine rings is 1. The van der Waals surface area contributed by atoms with Crippen LogP contribution in [0.2, 0.25) is 0 Å². The molecule has 104 valence electrons. The van der Waals surface area contributed by atoms with Gasteiger partial charge in [0.15, 0.2) is 0 Å². The Hall–Kier alpha value is -0.570. The van der Waals surface area contributed by atoms with Crippen LogP contribution in [0.1, 0.15) is 58.8 Å². The third-order valence-electron chi connectivity index (χ3n) is 4.55. The zero-order chi connectivity index (χ0) is 13.0. The minimum Gasteiger partial charge on any atom is -0.461 e. The average molecular weight is 253 g/mol. The molecule has 1 N–H and O–H groups in total. The fourth-order valence-electron chi connectivity index (χ4n) is 3.25. The number of carbonyl (C=O) groups excluding carboxylic acids is 1. The molecule has 2 aliphatic rings. The van der Waals surface area contributed by atoms with Crippen molar-refractivity contribution in [2.75, 3.05) is 6.54 Å². The third-order valence-corrected chi connectivity index (χ3v) is 4.55. The number of rotatable bonds is 3. The minimum absolute atomic E-state index is 0.0108. The molecule has 0 radical (unpaired) electrons. The summed E-state index contributed by atoms with van der Waals surface area (Å²) in [6.45, 7) is 5.40. The molecular formula is C15H27NO2. The van der Waals surface area contributed by atoms with Gasteiger partial charge < -0.3 is 10.1 Å². The van der Waals surface area contributed by atoms with Gasteiger partial charge in [0.25, 0.3) is 0 Å². The maximum Gasteiger partial charge on any atom is 0.323 e. The van der Waals surface area contributed by atoms with Gasteiger partial charge >= 0.3 is 5.97 Å². The maximum absolute atomic E-state index is 12.1. The van der Waals surface area contributed by atoms with Crippen molar-refractivity contribution in [3.05, 3.63) is 0 Å².